The molecule has 25 heavy (non-hydrogen) atoms. The summed E-state index contributed by atoms with van der Waals surface area (Å²) >= 11 is 0. The Bertz CT molecular complexity index is 811. The Labute approximate surface area is 145 Å². The third-order valence-electron chi connectivity index (χ3n) is 5.29. The van der Waals surface area contributed by atoms with Gasteiger partial charge in [-0.1, -0.05) is 0 Å². The molecule has 2 aromatic rings. The minimum atomic E-state index is -0.796. The average Bonchev–Trinajstić information content (AvgIpc) is 3.12. The molecule has 2 fully saturated rings. The van der Waals surface area contributed by atoms with E-state index < -0.39 is 11.9 Å². The number of hydrogen-bond donors (Lipinski definition) is 1. The molecule has 0 spiro atoms. The highest BCUT2D eigenvalue weighted by molar-refractivity contribution is 5.96. The number of aromatic nitrogens is 1. The maximum atomic E-state index is 12.9. The molecule has 2 aromatic heterocycles. The highest BCUT2D eigenvalue weighted by Crippen LogP contribution is 2.44. The zero-order valence-corrected chi connectivity index (χ0v) is 14.0. The molecule has 0 unspecified atom stereocenters. The van der Waals surface area contributed by atoms with E-state index in [0.29, 0.717) is 35.2 Å². The normalized spacial score (nSPS) is 23.0. The van der Waals surface area contributed by atoms with E-state index in [2.05, 4.69) is 4.98 Å². The maximum Gasteiger partial charge on any atom is 0.308 e. The van der Waals surface area contributed by atoms with Crippen molar-refractivity contribution >= 4 is 11.9 Å². The third-order valence-corrected chi connectivity index (χ3v) is 5.29. The lowest BCUT2D eigenvalue weighted by Gasteiger charge is -2.17. The molecule has 3 heterocycles. The molecule has 1 amide bonds. The SMILES string of the molecule is Cc1nc(-c2ccco2)ccc1C(=O)N1C[C@H](C(=O)O)[C@@H](C2CC2)C1. The summed E-state index contributed by atoms with van der Waals surface area (Å²) in [7, 11) is 0. The number of pyridine rings is 1. The van der Waals surface area contributed by atoms with Crippen LogP contribution in [0.25, 0.3) is 11.5 Å². The molecule has 4 rings (SSSR count). The van der Waals surface area contributed by atoms with Crippen LogP contribution in [0.15, 0.2) is 34.9 Å². The first-order valence-electron chi connectivity index (χ1n) is 8.58. The molecule has 1 saturated heterocycles. The Morgan fingerprint density at radius 3 is 2.64 bits per heavy atom. The summed E-state index contributed by atoms with van der Waals surface area (Å²) in [6.07, 6.45) is 3.74. The number of rotatable bonds is 4. The quantitative estimate of drug-likeness (QED) is 0.925. The van der Waals surface area contributed by atoms with Gasteiger partial charge < -0.3 is 14.4 Å². The first-order valence-corrected chi connectivity index (χ1v) is 8.58. The molecule has 1 saturated carbocycles. The van der Waals surface area contributed by atoms with E-state index in [1.165, 1.54) is 0 Å². The van der Waals surface area contributed by atoms with E-state index in [1.807, 2.05) is 6.07 Å². The zero-order chi connectivity index (χ0) is 17.6. The van der Waals surface area contributed by atoms with Gasteiger partial charge in [-0.25, -0.2) is 4.98 Å². The molecule has 6 heteroatoms. The van der Waals surface area contributed by atoms with Gasteiger partial charge in [-0.05, 0) is 55.9 Å². The van der Waals surface area contributed by atoms with Crippen molar-refractivity contribution in [2.24, 2.45) is 17.8 Å². The van der Waals surface area contributed by atoms with Gasteiger partial charge in [0.2, 0.25) is 0 Å². The average molecular weight is 340 g/mol. The number of hydrogen-bond acceptors (Lipinski definition) is 4. The number of carboxylic acids is 1. The van der Waals surface area contributed by atoms with Crippen molar-refractivity contribution in [3.8, 4) is 11.5 Å². The summed E-state index contributed by atoms with van der Waals surface area (Å²) in [6, 6.07) is 7.13. The number of likely N-dealkylation sites (tertiary alicyclic amines) is 1. The van der Waals surface area contributed by atoms with Crippen LogP contribution >= 0.6 is 0 Å². The summed E-state index contributed by atoms with van der Waals surface area (Å²) < 4.78 is 5.34. The molecule has 2 aliphatic rings. The van der Waals surface area contributed by atoms with Gasteiger partial charge in [0.05, 0.1) is 23.4 Å². The van der Waals surface area contributed by atoms with E-state index in [9.17, 15) is 14.7 Å². The molecule has 1 aliphatic carbocycles. The van der Waals surface area contributed by atoms with Crippen molar-refractivity contribution < 1.29 is 19.1 Å². The second-order valence-corrected chi connectivity index (χ2v) is 6.96. The molecule has 1 N–H and O–H groups in total. The summed E-state index contributed by atoms with van der Waals surface area (Å²) in [5.41, 5.74) is 1.83. The van der Waals surface area contributed by atoms with Crippen LogP contribution in [0.4, 0.5) is 0 Å². The number of carboxylic acid groups (broad SMARTS) is 1. The van der Waals surface area contributed by atoms with E-state index in [4.69, 9.17) is 4.42 Å². The second-order valence-electron chi connectivity index (χ2n) is 6.96. The monoisotopic (exact) mass is 340 g/mol. The number of aryl methyl sites for hydroxylation is 1. The fourth-order valence-electron chi connectivity index (χ4n) is 3.78. The molecule has 0 radical (unpaired) electrons. The van der Waals surface area contributed by atoms with Crippen LogP contribution in [-0.2, 0) is 4.79 Å². The molecule has 6 nitrogen and oxygen atoms in total. The van der Waals surface area contributed by atoms with Crippen LogP contribution in [-0.4, -0.2) is 40.0 Å². The summed E-state index contributed by atoms with van der Waals surface area (Å²) in [6.45, 7) is 2.61. The molecule has 0 bridgehead atoms. The lowest BCUT2D eigenvalue weighted by Crippen LogP contribution is -2.30. The topological polar surface area (TPSA) is 83.6 Å². The molecule has 1 aliphatic heterocycles. The van der Waals surface area contributed by atoms with Gasteiger partial charge in [-0.15, -0.1) is 0 Å². The Morgan fingerprint density at radius 2 is 2.04 bits per heavy atom. The lowest BCUT2D eigenvalue weighted by molar-refractivity contribution is -0.142. The minimum Gasteiger partial charge on any atom is -0.481 e. The number of carbonyl (C=O) groups excluding carboxylic acids is 1. The van der Waals surface area contributed by atoms with Gasteiger partial charge in [0.15, 0.2) is 5.76 Å². The number of nitrogens with zero attached hydrogens (tertiary/aromatic N) is 2. The minimum absolute atomic E-state index is 0.0807. The van der Waals surface area contributed by atoms with Crippen molar-refractivity contribution in [2.75, 3.05) is 13.1 Å². The van der Waals surface area contributed by atoms with Crippen LogP contribution in [0.5, 0.6) is 0 Å². The van der Waals surface area contributed by atoms with Gasteiger partial charge in [0.1, 0.15) is 5.69 Å². The molecule has 0 aromatic carbocycles. The number of furan rings is 1. The Kier molecular flexibility index (Phi) is 3.82. The van der Waals surface area contributed by atoms with E-state index in [-0.39, 0.29) is 18.4 Å². The van der Waals surface area contributed by atoms with Crippen LogP contribution in [0.3, 0.4) is 0 Å². The first kappa shape index (κ1) is 15.9. The van der Waals surface area contributed by atoms with Crippen LogP contribution in [0, 0.1) is 24.7 Å². The predicted octanol–water partition coefficient (Wildman–Crippen LogP) is 2.83. The standard InChI is InChI=1S/C19H20N2O4/c1-11-13(6-7-16(20-11)17-3-2-8-25-17)18(22)21-9-14(12-4-5-12)15(10-21)19(23)24/h2-3,6-8,12,14-15H,4-5,9-10H2,1H3,(H,23,24)/t14-,15+/m1/s1. The van der Waals surface area contributed by atoms with Crippen molar-refractivity contribution in [3.63, 3.8) is 0 Å². The largest absolute Gasteiger partial charge is 0.481 e. The van der Waals surface area contributed by atoms with Crippen molar-refractivity contribution in [1.82, 2.24) is 9.88 Å². The van der Waals surface area contributed by atoms with Gasteiger partial charge in [-0.3, -0.25) is 9.59 Å². The van der Waals surface area contributed by atoms with Gasteiger partial charge in [0, 0.05) is 13.1 Å². The number of carbonyl (C=O) groups is 2. The molecule has 2 atom stereocenters. The fraction of sp³-hybridized carbons (Fsp3) is 0.421. The lowest BCUT2D eigenvalue weighted by atomic mass is 9.92. The van der Waals surface area contributed by atoms with Crippen LogP contribution in [0.1, 0.15) is 28.9 Å². The second kappa shape index (κ2) is 6.02. The first-order chi connectivity index (χ1) is 12.0. The van der Waals surface area contributed by atoms with Crippen molar-refractivity contribution in [1.29, 1.82) is 0 Å². The van der Waals surface area contributed by atoms with Gasteiger partial charge in [-0.2, -0.15) is 0 Å². The van der Waals surface area contributed by atoms with Crippen LogP contribution < -0.4 is 0 Å². The van der Waals surface area contributed by atoms with Gasteiger partial charge >= 0.3 is 5.97 Å². The highest BCUT2D eigenvalue weighted by Gasteiger charge is 2.47. The maximum absolute atomic E-state index is 12.9. The summed E-state index contributed by atoms with van der Waals surface area (Å²) in [5, 5.41) is 9.47. The third kappa shape index (κ3) is 2.92. The zero-order valence-electron chi connectivity index (χ0n) is 14.0. The number of aliphatic carboxylic acids is 1. The van der Waals surface area contributed by atoms with Crippen LogP contribution in [0.2, 0.25) is 0 Å². The summed E-state index contributed by atoms with van der Waals surface area (Å²) in [4.78, 5) is 30.6. The van der Waals surface area contributed by atoms with Crippen molar-refractivity contribution in [3.05, 3.63) is 41.8 Å². The Hall–Kier alpha value is -2.63. The van der Waals surface area contributed by atoms with Gasteiger partial charge in [0.25, 0.3) is 5.91 Å². The fourth-order valence-corrected chi connectivity index (χ4v) is 3.78. The Balaban J connectivity index is 1.56. The molecular formula is C19H20N2O4. The predicted molar refractivity (Wildman–Crippen MR) is 89.9 cm³/mol. The van der Waals surface area contributed by atoms with E-state index >= 15 is 0 Å². The smallest absolute Gasteiger partial charge is 0.308 e. The highest BCUT2D eigenvalue weighted by atomic mass is 16.4. The van der Waals surface area contributed by atoms with E-state index in [0.717, 1.165) is 12.8 Å². The Morgan fingerprint density at radius 1 is 1.24 bits per heavy atom. The summed E-state index contributed by atoms with van der Waals surface area (Å²) in [5.74, 6) is -0.188. The molecular weight excluding hydrogens is 320 g/mol. The van der Waals surface area contributed by atoms with Crippen molar-refractivity contribution in [2.45, 2.75) is 19.8 Å². The van der Waals surface area contributed by atoms with E-state index in [1.54, 1.807) is 36.3 Å². The number of amides is 1. The molecule has 130 valence electrons.